The lowest BCUT2D eigenvalue weighted by molar-refractivity contribution is -0.144. The van der Waals surface area contributed by atoms with E-state index in [-0.39, 0.29) is 18.6 Å². The highest BCUT2D eigenvalue weighted by Gasteiger charge is 2.07. The Morgan fingerprint density at radius 3 is 2.75 bits per heavy atom. The number of halogens is 1. The molecule has 1 aromatic rings. The smallest absolute Gasteiger partial charge is 0.331 e. The van der Waals surface area contributed by atoms with Crippen molar-refractivity contribution in [3.05, 3.63) is 40.4 Å². The van der Waals surface area contributed by atoms with Crippen LogP contribution in [0.15, 0.2) is 34.8 Å². The second kappa shape index (κ2) is 8.53. The number of hydrogen-bond acceptors (Lipinski definition) is 3. The van der Waals surface area contributed by atoms with Crippen LogP contribution in [0.25, 0.3) is 6.08 Å². The minimum absolute atomic E-state index is 0.0806. The van der Waals surface area contributed by atoms with Crippen LogP contribution in [0.1, 0.15) is 25.8 Å². The molecule has 0 aliphatic heterocycles. The Hall–Kier alpha value is -1.62. The van der Waals surface area contributed by atoms with E-state index in [0.29, 0.717) is 0 Å². The van der Waals surface area contributed by atoms with Gasteiger partial charge in [0.05, 0.1) is 0 Å². The van der Waals surface area contributed by atoms with Gasteiger partial charge >= 0.3 is 5.97 Å². The first kappa shape index (κ1) is 16.4. The third kappa shape index (κ3) is 6.02. The molecule has 0 fully saturated rings. The first-order chi connectivity index (χ1) is 9.52. The Balaban J connectivity index is 2.41. The van der Waals surface area contributed by atoms with E-state index in [2.05, 4.69) is 21.2 Å². The van der Waals surface area contributed by atoms with Crippen LogP contribution in [0, 0.1) is 0 Å². The SMILES string of the molecule is CC[C@@H](C)NC(=O)COC(=O)/C=C/c1ccccc1Br. The monoisotopic (exact) mass is 339 g/mol. The molecule has 0 saturated heterocycles. The number of rotatable bonds is 6. The average Bonchev–Trinajstić information content (AvgIpc) is 2.44. The van der Waals surface area contributed by atoms with Crippen molar-refractivity contribution in [2.75, 3.05) is 6.61 Å². The first-order valence-corrected chi connectivity index (χ1v) is 7.21. The molecule has 0 aromatic heterocycles. The van der Waals surface area contributed by atoms with Crippen LogP contribution < -0.4 is 5.32 Å². The molecule has 0 saturated carbocycles. The number of amides is 1. The summed E-state index contributed by atoms with van der Waals surface area (Å²) >= 11 is 3.38. The van der Waals surface area contributed by atoms with Crippen LogP contribution in [-0.4, -0.2) is 24.5 Å². The molecule has 108 valence electrons. The third-order valence-corrected chi connectivity index (χ3v) is 3.39. The summed E-state index contributed by atoms with van der Waals surface area (Å²) in [5, 5.41) is 2.72. The number of nitrogens with one attached hydrogen (secondary N) is 1. The van der Waals surface area contributed by atoms with Gasteiger partial charge in [-0.05, 0) is 31.1 Å². The maximum atomic E-state index is 11.5. The summed E-state index contributed by atoms with van der Waals surface area (Å²) in [6.45, 7) is 3.60. The summed E-state index contributed by atoms with van der Waals surface area (Å²) in [5.74, 6) is -0.831. The standard InChI is InChI=1S/C15H18BrNO3/c1-3-11(2)17-14(18)10-20-15(19)9-8-12-6-4-5-7-13(12)16/h4-9,11H,3,10H2,1-2H3,(H,17,18)/b9-8+/t11-/m1/s1. The molecule has 0 heterocycles. The van der Waals surface area contributed by atoms with E-state index >= 15 is 0 Å². The number of carbonyl (C=O) groups excluding carboxylic acids is 2. The molecular formula is C15H18BrNO3. The van der Waals surface area contributed by atoms with Crippen molar-refractivity contribution in [2.45, 2.75) is 26.3 Å². The predicted octanol–water partition coefficient (Wildman–Crippen LogP) is 2.92. The van der Waals surface area contributed by atoms with Crippen LogP contribution in [0.2, 0.25) is 0 Å². The van der Waals surface area contributed by atoms with Gasteiger partial charge in [-0.3, -0.25) is 4.79 Å². The number of carbonyl (C=O) groups is 2. The molecule has 0 aliphatic carbocycles. The number of esters is 1. The van der Waals surface area contributed by atoms with Gasteiger partial charge in [0, 0.05) is 16.6 Å². The molecule has 0 aliphatic rings. The lowest BCUT2D eigenvalue weighted by atomic mass is 10.2. The van der Waals surface area contributed by atoms with Crippen LogP contribution in [-0.2, 0) is 14.3 Å². The Bertz CT molecular complexity index is 500. The summed E-state index contributed by atoms with van der Waals surface area (Å²) in [7, 11) is 0. The molecule has 4 nitrogen and oxygen atoms in total. The third-order valence-electron chi connectivity index (χ3n) is 2.67. The van der Waals surface area contributed by atoms with Crippen molar-refractivity contribution in [3.63, 3.8) is 0 Å². The molecule has 1 N–H and O–H groups in total. The van der Waals surface area contributed by atoms with Crippen molar-refractivity contribution in [3.8, 4) is 0 Å². The van der Waals surface area contributed by atoms with Gasteiger partial charge in [-0.2, -0.15) is 0 Å². The van der Waals surface area contributed by atoms with Gasteiger partial charge < -0.3 is 10.1 Å². The van der Waals surface area contributed by atoms with Crippen LogP contribution >= 0.6 is 15.9 Å². The summed E-state index contributed by atoms with van der Waals surface area (Å²) in [5.41, 5.74) is 0.869. The normalized spacial score (nSPS) is 12.2. The molecule has 5 heteroatoms. The van der Waals surface area contributed by atoms with Crippen molar-refractivity contribution >= 4 is 33.9 Å². The number of ether oxygens (including phenoxy) is 1. The van der Waals surface area contributed by atoms with E-state index in [1.165, 1.54) is 6.08 Å². The largest absolute Gasteiger partial charge is 0.452 e. The molecule has 0 radical (unpaired) electrons. The molecule has 0 bridgehead atoms. The van der Waals surface area contributed by atoms with Gasteiger partial charge in [0.25, 0.3) is 5.91 Å². The second-order valence-electron chi connectivity index (χ2n) is 4.34. The summed E-state index contributed by atoms with van der Waals surface area (Å²) in [4.78, 5) is 22.9. The fraction of sp³-hybridized carbons (Fsp3) is 0.333. The van der Waals surface area contributed by atoms with Gasteiger partial charge in [-0.25, -0.2) is 4.79 Å². The van der Waals surface area contributed by atoms with E-state index in [0.717, 1.165) is 16.5 Å². The van der Waals surface area contributed by atoms with E-state index in [9.17, 15) is 9.59 Å². The first-order valence-electron chi connectivity index (χ1n) is 6.41. The molecule has 0 unspecified atom stereocenters. The van der Waals surface area contributed by atoms with E-state index in [4.69, 9.17) is 4.74 Å². The Labute approximate surface area is 127 Å². The molecule has 0 spiro atoms. The summed E-state index contributed by atoms with van der Waals surface area (Å²) in [6.07, 6.45) is 3.78. The van der Waals surface area contributed by atoms with Gasteiger partial charge in [-0.1, -0.05) is 41.1 Å². The van der Waals surface area contributed by atoms with E-state index < -0.39 is 5.97 Å². The Morgan fingerprint density at radius 2 is 2.10 bits per heavy atom. The van der Waals surface area contributed by atoms with Gasteiger partial charge in [0.15, 0.2) is 6.61 Å². The average molecular weight is 340 g/mol. The molecule has 20 heavy (non-hydrogen) atoms. The van der Waals surface area contributed by atoms with Gasteiger partial charge in [0.1, 0.15) is 0 Å². The Morgan fingerprint density at radius 1 is 1.40 bits per heavy atom. The highest BCUT2D eigenvalue weighted by atomic mass is 79.9. The van der Waals surface area contributed by atoms with Crippen LogP contribution in [0.3, 0.4) is 0 Å². The highest BCUT2D eigenvalue weighted by molar-refractivity contribution is 9.10. The quantitative estimate of drug-likeness (QED) is 0.640. The zero-order valence-corrected chi connectivity index (χ0v) is 13.1. The maximum Gasteiger partial charge on any atom is 0.331 e. The van der Waals surface area contributed by atoms with Crippen LogP contribution in [0.5, 0.6) is 0 Å². The van der Waals surface area contributed by atoms with Crippen molar-refractivity contribution in [2.24, 2.45) is 0 Å². The topological polar surface area (TPSA) is 55.4 Å². The molecule has 1 atom stereocenters. The fourth-order valence-corrected chi connectivity index (χ4v) is 1.79. The van der Waals surface area contributed by atoms with Crippen molar-refractivity contribution in [1.29, 1.82) is 0 Å². The minimum Gasteiger partial charge on any atom is -0.452 e. The fourth-order valence-electron chi connectivity index (χ4n) is 1.37. The second-order valence-corrected chi connectivity index (χ2v) is 5.19. The molecular weight excluding hydrogens is 322 g/mol. The highest BCUT2D eigenvalue weighted by Crippen LogP contribution is 2.16. The van der Waals surface area contributed by atoms with Gasteiger partial charge in [-0.15, -0.1) is 0 Å². The van der Waals surface area contributed by atoms with Crippen LogP contribution in [0.4, 0.5) is 0 Å². The van der Waals surface area contributed by atoms with Crippen molar-refractivity contribution < 1.29 is 14.3 Å². The van der Waals surface area contributed by atoms with E-state index in [1.807, 2.05) is 38.1 Å². The maximum absolute atomic E-state index is 11.5. The zero-order valence-electron chi connectivity index (χ0n) is 11.6. The lowest BCUT2D eigenvalue weighted by Gasteiger charge is -2.10. The van der Waals surface area contributed by atoms with Gasteiger partial charge in [0.2, 0.25) is 0 Å². The molecule has 1 aromatic carbocycles. The Kier molecular flexibility index (Phi) is 7.01. The zero-order chi connectivity index (χ0) is 15.0. The predicted molar refractivity (Wildman–Crippen MR) is 82.0 cm³/mol. The lowest BCUT2D eigenvalue weighted by Crippen LogP contribution is -2.35. The number of hydrogen-bond donors (Lipinski definition) is 1. The number of benzene rings is 1. The van der Waals surface area contributed by atoms with Crippen molar-refractivity contribution in [1.82, 2.24) is 5.32 Å². The van der Waals surface area contributed by atoms with E-state index in [1.54, 1.807) is 6.08 Å². The summed E-state index contributed by atoms with van der Waals surface area (Å²) in [6, 6.07) is 7.58. The summed E-state index contributed by atoms with van der Waals surface area (Å²) < 4.78 is 5.75. The molecule has 1 rings (SSSR count). The molecule has 1 amide bonds. The minimum atomic E-state index is -0.542.